The van der Waals surface area contributed by atoms with E-state index in [-0.39, 0.29) is 11.9 Å². The van der Waals surface area contributed by atoms with Crippen LogP contribution in [-0.2, 0) is 4.79 Å². The van der Waals surface area contributed by atoms with Gasteiger partial charge >= 0.3 is 0 Å². The normalized spacial score (nSPS) is 20.5. The van der Waals surface area contributed by atoms with E-state index < -0.39 is 0 Å². The molecule has 88 valence electrons. The minimum Gasteiger partial charge on any atom is -0.354 e. The monoisotopic (exact) mass is 212 g/mol. The summed E-state index contributed by atoms with van der Waals surface area (Å²) in [6.45, 7) is 5.07. The van der Waals surface area contributed by atoms with Gasteiger partial charge in [-0.15, -0.1) is 0 Å². The Balaban J connectivity index is 2.26. The first-order valence-electron chi connectivity index (χ1n) is 6.17. The number of nitrogens with one attached hydrogen (secondary N) is 1. The van der Waals surface area contributed by atoms with Crippen molar-refractivity contribution in [2.24, 2.45) is 11.1 Å². The highest BCUT2D eigenvalue weighted by Gasteiger charge is 2.35. The van der Waals surface area contributed by atoms with Gasteiger partial charge < -0.3 is 11.1 Å². The third-order valence-electron chi connectivity index (χ3n) is 3.74. The molecule has 0 heterocycles. The zero-order chi connectivity index (χ0) is 11.3. The fraction of sp³-hybridized carbons (Fsp3) is 0.917. The number of nitrogens with two attached hydrogens (primary N) is 1. The van der Waals surface area contributed by atoms with Gasteiger partial charge in [0.25, 0.3) is 0 Å². The molecule has 0 aromatic rings. The van der Waals surface area contributed by atoms with Crippen LogP contribution in [0.4, 0.5) is 0 Å². The van der Waals surface area contributed by atoms with Gasteiger partial charge in [0.1, 0.15) is 0 Å². The number of hydrogen-bond acceptors (Lipinski definition) is 2. The topological polar surface area (TPSA) is 55.1 Å². The second kappa shape index (κ2) is 5.50. The van der Waals surface area contributed by atoms with E-state index in [1.807, 2.05) is 6.92 Å². The smallest absolute Gasteiger partial charge is 0.236 e. The van der Waals surface area contributed by atoms with Crippen molar-refractivity contribution in [2.45, 2.75) is 58.4 Å². The maximum atomic E-state index is 11.6. The van der Waals surface area contributed by atoms with Crippen LogP contribution < -0.4 is 11.1 Å². The lowest BCUT2D eigenvalue weighted by Crippen LogP contribution is -2.47. The van der Waals surface area contributed by atoms with E-state index in [0.29, 0.717) is 5.41 Å². The third-order valence-corrected chi connectivity index (χ3v) is 3.74. The van der Waals surface area contributed by atoms with Gasteiger partial charge in [-0.05, 0) is 31.1 Å². The Labute approximate surface area is 92.8 Å². The van der Waals surface area contributed by atoms with Crippen LogP contribution in [0.3, 0.4) is 0 Å². The zero-order valence-corrected chi connectivity index (χ0v) is 10.0. The van der Waals surface area contributed by atoms with Crippen molar-refractivity contribution in [3.63, 3.8) is 0 Å². The van der Waals surface area contributed by atoms with Crippen LogP contribution in [0.25, 0.3) is 0 Å². The molecule has 1 amide bonds. The quantitative estimate of drug-likeness (QED) is 0.705. The van der Waals surface area contributed by atoms with Crippen LogP contribution in [0.5, 0.6) is 0 Å². The average molecular weight is 212 g/mol. The minimum atomic E-state index is -0.316. The summed E-state index contributed by atoms with van der Waals surface area (Å²) in [7, 11) is 0. The van der Waals surface area contributed by atoms with E-state index in [0.717, 1.165) is 25.8 Å². The first-order valence-corrected chi connectivity index (χ1v) is 6.17. The highest BCUT2D eigenvalue weighted by molar-refractivity contribution is 5.81. The summed E-state index contributed by atoms with van der Waals surface area (Å²) in [6, 6.07) is -0.316. The van der Waals surface area contributed by atoms with E-state index >= 15 is 0 Å². The van der Waals surface area contributed by atoms with Crippen molar-refractivity contribution in [2.75, 3.05) is 6.54 Å². The Bertz CT molecular complexity index is 206. The minimum absolute atomic E-state index is 0.0246. The predicted molar refractivity (Wildman–Crippen MR) is 62.5 cm³/mol. The average Bonchev–Trinajstić information content (AvgIpc) is 2.17. The van der Waals surface area contributed by atoms with Gasteiger partial charge in [-0.2, -0.15) is 0 Å². The molecular weight excluding hydrogens is 188 g/mol. The molecule has 1 aliphatic rings. The van der Waals surface area contributed by atoms with Gasteiger partial charge in [0.05, 0.1) is 6.04 Å². The molecule has 0 aromatic carbocycles. The van der Waals surface area contributed by atoms with Crippen molar-refractivity contribution in [1.29, 1.82) is 0 Å². The molecule has 15 heavy (non-hydrogen) atoms. The first kappa shape index (κ1) is 12.5. The molecule has 1 saturated carbocycles. The molecule has 3 nitrogen and oxygen atoms in total. The number of hydrogen-bond donors (Lipinski definition) is 2. The standard InChI is InChI=1S/C12H24N2O/c1-3-6-10(13)11(15)14-9-12(4-2)7-5-8-12/h10H,3-9,13H2,1-2H3,(H,14,15)/t10-/m0/s1. The van der Waals surface area contributed by atoms with Crippen molar-refractivity contribution in [1.82, 2.24) is 5.32 Å². The lowest BCUT2D eigenvalue weighted by molar-refractivity contribution is -0.123. The summed E-state index contributed by atoms with van der Waals surface area (Å²) in [5.41, 5.74) is 6.14. The van der Waals surface area contributed by atoms with Crippen molar-refractivity contribution < 1.29 is 4.79 Å². The van der Waals surface area contributed by atoms with Crippen molar-refractivity contribution >= 4 is 5.91 Å². The van der Waals surface area contributed by atoms with Crippen LogP contribution >= 0.6 is 0 Å². The Morgan fingerprint density at radius 1 is 1.47 bits per heavy atom. The lowest BCUT2D eigenvalue weighted by Gasteiger charge is -2.41. The fourth-order valence-corrected chi connectivity index (χ4v) is 2.18. The molecule has 1 rings (SSSR count). The summed E-state index contributed by atoms with van der Waals surface area (Å²) in [5.74, 6) is 0.0246. The van der Waals surface area contributed by atoms with Crippen LogP contribution in [-0.4, -0.2) is 18.5 Å². The highest BCUT2D eigenvalue weighted by Crippen LogP contribution is 2.42. The van der Waals surface area contributed by atoms with Gasteiger partial charge in [0.15, 0.2) is 0 Å². The van der Waals surface area contributed by atoms with Crippen LogP contribution in [0.15, 0.2) is 0 Å². The molecule has 0 radical (unpaired) electrons. The summed E-state index contributed by atoms with van der Waals surface area (Å²) in [6.07, 6.45) is 6.74. The summed E-state index contributed by atoms with van der Waals surface area (Å²) < 4.78 is 0. The highest BCUT2D eigenvalue weighted by atomic mass is 16.2. The van der Waals surface area contributed by atoms with Gasteiger partial charge in [-0.1, -0.05) is 26.7 Å². The summed E-state index contributed by atoms with van der Waals surface area (Å²) in [4.78, 5) is 11.6. The molecule has 0 saturated heterocycles. The molecule has 3 N–H and O–H groups in total. The summed E-state index contributed by atoms with van der Waals surface area (Å²) in [5, 5.41) is 3.00. The van der Waals surface area contributed by atoms with Crippen molar-refractivity contribution in [3.05, 3.63) is 0 Å². The van der Waals surface area contributed by atoms with E-state index in [1.165, 1.54) is 19.3 Å². The predicted octanol–water partition coefficient (Wildman–Crippen LogP) is 1.81. The van der Waals surface area contributed by atoms with Crippen LogP contribution in [0.2, 0.25) is 0 Å². The molecule has 1 fully saturated rings. The Kier molecular flexibility index (Phi) is 4.58. The molecule has 0 bridgehead atoms. The van der Waals surface area contributed by atoms with Crippen molar-refractivity contribution in [3.8, 4) is 0 Å². The Morgan fingerprint density at radius 3 is 2.53 bits per heavy atom. The first-order chi connectivity index (χ1) is 7.13. The van der Waals surface area contributed by atoms with Gasteiger partial charge in [0, 0.05) is 6.54 Å². The molecule has 0 spiro atoms. The van der Waals surface area contributed by atoms with E-state index in [9.17, 15) is 4.79 Å². The molecule has 0 aliphatic heterocycles. The Morgan fingerprint density at radius 2 is 2.13 bits per heavy atom. The van der Waals surface area contributed by atoms with Gasteiger partial charge in [0.2, 0.25) is 5.91 Å². The molecule has 1 aliphatic carbocycles. The molecule has 0 aromatic heterocycles. The third kappa shape index (κ3) is 3.20. The SMILES string of the molecule is CCC[C@H](N)C(=O)NCC1(CC)CCC1. The van der Waals surface area contributed by atoms with Crippen LogP contribution in [0.1, 0.15) is 52.4 Å². The van der Waals surface area contributed by atoms with E-state index in [4.69, 9.17) is 5.73 Å². The lowest BCUT2D eigenvalue weighted by atomic mass is 9.67. The molecule has 0 unspecified atom stereocenters. The number of carbonyl (C=O) groups is 1. The van der Waals surface area contributed by atoms with Crippen LogP contribution in [0, 0.1) is 5.41 Å². The maximum absolute atomic E-state index is 11.6. The second-order valence-electron chi connectivity index (χ2n) is 4.82. The van der Waals surface area contributed by atoms with E-state index in [2.05, 4.69) is 12.2 Å². The fourth-order valence-electron chi connectivity index (χ4n) is 2.18. The molecule has 1 atom stereocenters. The Hall–Kier alpha value is -0.570. The zero-order valence-electron chi connectivity index (χ0n) is 10.0. The molecule has 3 heteroatoms. The van der Waals surface area contributed by atoms with Gasteiger partial charge in [-0.25, -0.2) is 0 Å². The largest absolute Gasteiger partial charge is 0.354 e. The summed E-state index contributed by atoms with van der Waals surface area (Å²) >= 11 is 0. The van der Waals surface area contributed by atoms with E-state index in [1.54, 1.807) is 0 Å². The second-order valence-corrected chi connectivity index (χ2v) is 4.82. The maximum Gasteiger partial charge on any atom is 0.236 e. The van der Waals surface area contributed by atoms with Gasteiger partial charge in [-0.3, -0.25) is 4.79 Å². The molecular formula is C12H24N2O. The number of amides is 1. The number of rotatable bonds is 6. The number of carbonyl (C=O) groups excluding carboxylic acids is 1.